The molecule has 0 amide bonds. The monoisotopic (exact) mass is 623 g/mol. The number of hydrogen-bond acceptors (Lipinski definition) is 4. The summed E-state index contributed by atoms with van der Waals surface area (Å²) in [5.74, 6) is 0. The fourth-order valence-corrected chi connectivity index (χ4v) is 31.6. The van der Waals surface area contributed by atoms with Crippen LogP contribution in [-0.4, -0.2) is 34.0 Å². The fraction of sp³-hybridized carbons (Fsp3) is 0. The molecule has 0 radical (unpaired) electrons. The molecule has 21 heavy (non-hydrogen) atoms. The van der Waals surface area contributed by atoms with Crippen LogP contribution in [-0.2, 0) is 16.5 Å². The SMILES string of the molecule is Cl[Si](Cl)(Cl)O[Si](Cl)(Cl)O[Si](Cl)(Cl)O[Si](Cl)(Cl)O[Si](Cl)(Cl)Cl. The zero-order chi connectivity index (χ0) is 17.3. The molecule has 0 saturated heterocycles. The van der Waals surface area contributed by atoms with Crippen molar-refractivity contribution in [1.82, 2.24) is 0 Å². The minimum absolute atomic E-state index is 3.69. The molecule has 0 unspecified atom stereocenters. The molecule has 21 heteroatoms. The number of hydrogen-bond donors (Lipinski definition) is 0. The Morgan fingerprint density at radius 1 is 0.333 bits per heavy atom. The van der Waals surface area contributed by atoms with Gasteiger partial charge < -0.3 is 16.5 Å². The van der Waals surface area contributed by atoms with Gasteiger partial charge >= 0.3 is 34.0 Å². The third-order valence-electron chi connectivity index (χ3n) is 0.944. The van der Waals surface area contributed by atoms with Gasteiger partial charge in [-0.1, -0.05) is 133 Å². The lowest BCUT2D eigenvalue weighted by Gasteiger charge is -2.30. The van der Waals surface area contributed by atoms with Gasteiger partial charge in [0.2, 0.25) is 0 Å². The van der Waals surface area contributed by atoms with E-state index in [-0.39, 0.29) is 0 Å². The van der Waals surface area contributed by atoms with Crippen LogP contribution in [0.15, 0.2) is 0 Å². The number of rotatable bonds is 8. The first-order valence-electron chi connectivity index (χ1n) is 3.90. The molecule has 0 aliphatic carbocycles. The molecule has 0 rings (SSSR count). The molecule has 0 bridgehead atoms. The van der Waals surface area contributed by atoms with Gasteiger partial charge in [0.1, 0.15) is 0 Å². The Morgan fingerprint density at radius 2 is 0.524 bits per heavy atom. The lowest BCUT2D eigenvalue weighted by molar-refractivity contribution is 0.365. The van der Waals surface area contributed by atoms with Gasteiger partial charge in [-0.3, -0.25) is 0 Å². The van der Waals surface area contributed by atoms with Gasteiger partial charge in [0.15, 0.2) is 0 Å². The van der Waals surface area contributed by atoms with Crippen molar-refractivity contribution in [2.24, 2.45) is 0 Å². The first kappa shape index (κ1) is 25.4. The van der Waals surface area contributed by atoms with E-state index in [4.69, 9.17) is 149 Å². The lowest BCUT2D eigenvalue weighted by atomic mass is 15.7. The predicted molar refractivity (Wildman–Crippen MR) is 103 cm³/mol. The molecule has 0 aromatic carbocycles. The van der Waals surface area contributed by atoms with Crippen LogP contribution in [0, 0.1) is 0 Å². The van der Waals surface area contributed by atoms with E-state index >= 15 is 0 Å². The van der Waals surface area contributed by atoms with E-state index < -0.39 is 34.0 Å². The smallest absolute Gasteiger partial charge is 0.378 e. The Labute approximate surface area is 181 Å². The van der Waals surface area contributed by atoms with Crippen molar-refractivity contribution in [3.8, 4) is 0 Å². The second kappa shape index (κ2) is 9.06. The maximum absolute atomic E-state index is 5.77. The molecule has 128 valence electrons. The Kier molecular flexibility index (Phi) is 11.0. The van der Waals surface area contributed by atoms with Crippen LogP contribution in [0.25, 0.3) is 0 Å². The molecule has 0 fully saturated rings. The highest BCUT2D eigenvalue weighted by molar-refractivity contribution is 7.66. The normalized spacial score (nSPS) is 15.4. The summed E-state index contributed by atoms with van der Waals surface area (Å²) in [6.45, 7) is 0. The van der Waals surface area contributed by atoms with E-state index in [9.17, 15) is 0 Å². The summed E-state index contributed by atoms with van der Waals surface area (Å²) in [5.41, 5.74) is 0. The van der Waals surface area contributed by atoms with E-state index in [2.05, 4.69) is 0 Å². The van der Waals surface area contributed by atoms with Crippen LogP contribution in [0.5, 0.6) is 0 Å². The maximum atomic E-state index is 5.77. The van der Waals surface area contributed by atoms with Crippen LogP contribution in [0.4, 0.5) is 0 Å². The van der Waals surface area contributed by atoms with Crippen molar-refractivity contribution in [1.29, 1.82) is 0 Å². The van der Waals surface area contributed by atoms with Crippen LogP contribution in [0.3, 0.4) is 0 Å². The first-order valence-corrected chi connectivity index (χ1v) is 25.3. The molecule has 0 saturated carbocycles. The molecule has 0 atom stereocenters. The third kappa shape index (κ3) is 15.2. The van der Waals surface area contributed by atoms with Gasteiger partial charge in [-0.25, -0.2) is 0 Å². The molecule has 0 aliphatic rings. The largest absolute Gasteiger partial charge is 0.536 e. The van der Waals surface area contributed by atoms with Crippen molar-refractivity contribution in [2.75, 3.05) is 0 Å². The summed E-state index contributed by atoms with van der Waals surface area (Å²) >= 11 is 67.2. The van der Waals surface area contributed by atoms with Gasteiger partial charge in [0, 0.05) is 0 Å². The summed E-state index contributed by atoms with van der Waals surface area (Å²) in [4.78, 5) is 0. The molecule has 0 N–H and O–H groups in total. The summed E-state index contributed by atoms with van der Waals surface area (Å²) in [7, 11) is -12.4. The second-order valence-electron chi connectivity index (χ2n) is 2.69. The quantitative estimate of drug-likeness (QED) is 0.240. The molecule has 0 spiro atoms. The third-order valence-corrected chi connectivity index (χ3v) is 21.0. The van der Waals surface area contributed by atoms with Crippen molar-refractivity contribution in [3.05, 3.63) is 0 Å². The molecule has 0 aromatic heterocycles. The average Bonchev–Trinajstić information content (AvgIpc) is 1.83. The Morgan fingerprint density at radius 3 is 0.714 bits per heavy atom. The van der Waals surface area contributed by atoms with Crippen LogP contribution in [0.2, 0.25) is 0 Å². The van der Waals surface area contributed by atoms with Gasteiger partial charge in [0.25, 0.3) is 0 Å². The highest BCUT2D eigenvalue weighted by Gasteiger charge is 2.57. The molecule has 4 nitrogen and oxygen atoms in total. The standard InChI is InChI=1S/Cl12O4Si5/c1-17(2,3)13-19(7,8)15-21(11,12)16-20(9,10)14-18(4,5)6. The zero-order valence-electron chi connectivity index (χ0n) is 8.67. The summed E-state index contributed by atoms with van der Waals surface area (Å²) in [6.07, 6.45) is -7.39. The topological polar surface area (TPSA) is 36.9 Å². The fourth-order valence-electron chi connectivity index (χ4n) is 0.609. The van der Waals surface area contributed by atoms with Crippen molar-refractivity contribution in [3.63, 3.8) is 0 Å². The molecular weight excluding hydrogens is 630 g/mol. The summed E-state index contributed by atoms with van der Waals surface area (Å²) in [6, 6.07) is 0. The summed E-state index contributed by atoms with van der Waals surface area (Å²) in [5, 5.41) is 0. The van der Waals surface area contributed by atoms with Gasteiger partial charge in [-0.15, -0.1) is 0 Å². The summed E-state index contributed by atoms with van der Waals surface area (Å²) < 4.78 is 19.3. The number of halogens is 12. The minimum Gasteiger partial charge on any atom is -0.378 e. The highest BCUT2D eigenvalue weighted by atomic mass is 35.8. The predicted octanol–water partition coefficient (Wildman–Crippen LogP) is 6.10. The maximum Gasteiger partial charge on any atom is 0.536 e. The molecule has 0 heterocycles. The van der Waals surface area contributed by atoms with Gasteiger partial charge in [-0.2, -0.15) is 0 Å². The second-order valence-corrected chi connectivity index (χ2v) is 34.3. The average molecular weight is 630 g/mol. The molecule has 0 aliphatic heterocycles. The van der Waals surface area contributed by atoms with Crippen LogP contribution >= 0.6 is 133 Å². The van der Waals surface area contributed by atoms with Crippen LogP contribution in [0.1, 0.15) is 0 Å². The van der Waals surface area contributed by atoms with Crippen molar-refractivity contribution >= 4 is 167 Å². The highest BCUT2D eigenvalue weighted by Crippen LogP contribution is 2.39. The Hall–Kier alpha value is 4.40. The Balaban J connectivity index is 4.83. The van der Waals surface area contributed by atoms with Crippen molar-refractivity contribution in [2.45, 2.75) is 0 Å². The van der Waals surface area contributed by atoms with E-state index in [1.54, 1.807) is 0 Å². The van der Waals surface area contributed by atoms with Gasteiger partial charge in [0.05, 0.1) is 0 Å². The van der Waals surface area contributed by atoms with E-state index in [1.165, 1.54) is 0 Å². The first-order chi connectivity index (χ1) is 8.83. The zero-order valence-corrected chi connectivity index (χ0v) is 22.7. The van der Waals surface area contributed by atoms with E-state index in [1.807, 2.05) is 0 Å². The molecule has 0 aromatic rings. The van der Waals surface area contributed by atoms with Gasteiger partial charge in [-0.05, 0) is 0 Å². The van der Waals surface area contributed by atoms with E-state index in [0.29, 0.717) is 0 Å². The lowest BCUT2D eigenvalue weighted by Crippen LogP contribution is -2.51. The molecular formula is Cl12O4Si5. The van der Waals surface area contributed by atoms with E-state index in [0.717, 1.165) is 0 Å². The minimum atomic E-state index is -4.19. The Bertz CT molecular complexity index is 313. The van der Waals surface area contributed by atoms with Crippen LogP contribution < -0.4 is 0 Å². The van der Waals surface area contributed by atoms with Crippen molar-refractivity contribution < 1.29 is 16.5 Å².